The molecule has 2 aromatic heterocycles. The molecule has 0 saturated carbocycles. The third-order valence-electron chi connectivity index (χ3n) is 7.12. The van der Waals surface area contributed by atoms with Crippen LogP contribution in [0.1, 0.15) is 84.6 Å². The van der Waals surface area contributed by atoms with Crippen LogP contribution in [-0.4, -0.2) is 77.6 Å². The molecule has 2 fully saturated rings. The van der Waals surface area contributed by atoms with E-state index in [1.807, 2.05) is 39.8 Å². The summed E-state index contributed by atoms with van der Waals surface area (Å²) in [7, 11) is 0. The number of piperidine rings is 1. The Balaban J connectivity index is 1.61. The van der Waals surface area contributed by atoms with E-state index in [-0.39, 0.29) is 12.0 Å². The number of ether oxygens (including phenoxy) is 4. The van der Waals surface area contributed by atoms with Crippen molar-refractivity contribution >= 4 is 51.1 Å². The highest BCUT2D eigenvalue weighted by molar-refractivity contribution is 9.10. The number of anilines is 2. The molecule has 2 aromatic rings. The molecule has 11 nitrogen and oxygen atoms in total. The molecule has 13 heteroatoms. The Morgan fingerprint density at radius 3 is 2.32 bits per heavy atom. The van der Waals surface area contributed by atoms with Crippen molar-refractivity contribution in [1.82, 2.24) is 14.9 Å². The third-order valence-corrected chi connectivity index (χ3v) is 7.96. The topological polar surface area (TPSA) is 115 Å². The number of halogens is 2. The van der Waals surface area contributed by atoms with E-state index in [0.717, 1.165) is 30.0 Å². The summed E-state index contributed by atoms with van der Waals surface area (Å²) in [4.78, 5) is 38.6. The minimum Gasteiger partial charge on any atom is -0.481 e. The van der Waals surface area contributed by atoms with Gasteiger partial charge in [0.25, 0.3) is 0 Å². The van der Waals surface area contributed by atoms with Gasteiger partial charge in [-0.15, -0.1) is 0 Å². The third kappa shape index (κ3) is 9.10. The lowest BCUT2D eigenvalue weighted by atomic mass is 9.93. The first-order valence-corrected chi connectivity index (χ1v) is 16.1. The second kappa shape index (κ2) is 14.1. The number of carbonyl (C=O) groups excluding carboxylic acids is 2. The molecule has 4 heterocycles. The van der Waals surface area contributed by atoms with E-state index in [1.54, 1.807) is 31.9 Å². The van der Waals surface area contributed by atoms with E-state index in [2.05, 4.69) is 31.1 Å². The molecule has 1 N–H and O–H groups in total. The highest BCUT2D eigenvalue weighted by atomic mass is 79.9. The van der Waals surface area contributed by atoms with Crippen molar-refractivity contribution in [3.63, 3.8) is 0 Å². The van der Waals surface area contributed by atoms with Crippen LogP contribution in [0.25, 0.3) is 0 Å². The first-order valence-electron chi connectivity index (χ1n) is 14.9. The van der Waals surface area contributed by atoms with E-state index in [9.17, 15) is 9.59 Å². The lowest BCUT2D eigenvalue weighted by molar-refractivity contribution is 0.0203. The zero-order valence-corrected chi connectivity index (χ0v) is 28.9. The quantitative estimate of drug-likeness (QED) is 0.310. The molecular formula is C31H43BrClN5O6. The van der Waals surface area contributed by atoms with Gasteiger partial charge >= 0.3 is 12.2 Å². The fourth-order valence-electron chi connectivity index (χ4n) is 5.16. The predicted octanol–water partition coefficient (Wildman–Crippen LogP) is 7.33. The van der Waals surface area contributed by atoms with Crippen LogP contribution in [0.2, 0.25) is 5.15 Å². The molecule has 2 saturated heterocycles. The monoisotopic (exact) mass is 695 g/mol. The zero-order valence-electron chi connectivity index (χ0n) is 26.5. The highest BCUT2D eigenvalue weighted by Crippen LogP contribution is 2.42. The Hall–Kier alpha value is -2.83. The van der Waals surface area contributed by atoms with Gasteiger partial charge in [0, 0.05) is 49.7 Å². The maximum Gasteiger partial charge on any atom is 0.412 e. The Bertz CT molecular complexity index is 1330. The summed E-state index contributed by atoms with van der Waals surface area (Å²) in [6, 6.07) is 3.74. The van der Waals surface area contributed by atoms with Crippen LogP contribution in [-0.2, 0) is 14.2 Å². The van der Waals surface area contributed by atoms with Crippen LogP contribution < -0.4 is 15.0 Å². The number of hydrogen-bond donors (Lipinski definition) is 1. The number of carbonyl (C=O) groups is 2. The number of aromatic nitrogens is 2. The normalized spacial score (nSPS) is 17.2. The van der Waals surface area contributed by atoms with E-state index in [1.165, 1.54) is 0 Å². The van der Waals surface area contributed by atoms with Crippen LogP contribution in [0, 0.1) is 0 Å². The summed E-state index contributed by atoms with van der Waals surface area (Å²) in [5.74, 6) is 0.391. The van der Waals surface area contributed by atoms with Gasteiger partial charge in [-0.25, -0.2) is 19.6 Å². The summed E-state index contributed by atoms with van der Waals surface area (Å²) >= 11 is 10.2. The molecule has 2 amide bonds. The number of morpholine rings is 1. The summed E-state index contributed by atoms with van der Waals surface area (Å²) in [6.45, 7) is 16.6. The summed E-state index contributed by atoms with van der Waals surface area (Å²) in [5, 5.41) is 3.21. The van der Waals surface area contributed by atoms with Gasteiger partial charge < -0.3 is 28.7 Å². The molecule has 44 heavy (non-hydrogen) atoms. The van der Waals surface area contributed by atoms with Gasteiger partial charge in [0.1, 0.15) is 27.1 Å². The van der Waals surface area contributed by atoms with Crippen molar-refractivity contribution in [1.29, 1.82) is 0 Å². The second-order valence-corrected chi connectivity index (χ2v) is 14.1. The molecule has 2 aliphatic rings. The molecule has 0 aliphatic carbocycles. The van der Waals surface area contributed by atoms with Gasteiger partial charge in [0.05, 0.1) is 24.5 Å². The molecule has 2 aliphatic heterocycles. The number of nitrogens with one attached hydrogen (secondary N) is 1. The Morgan fingerprint density at radius 1 is 1.07 bits per heavy atom. The summed E-state index contributed by atoms with van der Waals surface area (Å²) < 4.78 is 23.6. The fraction of sp³-hybridized carbons (Fsp3) is 0.613. The number of hydrogen-bond acceptors (Lipinski definition) is 9. The maximum atomic E-state index is 12.9. The minimum atomic E-state index is -0.698. The number of pyridine rings is 2. The first-order chi connectivity index (χ1) is 20.6. The summed E-state index contributed by atoms with van der Waals surface area (Å²) in [5.41, 5.74) is 1.56. The Kier molecular flexibility index (Phi) is 10.9. The standard InChI is InChI=1S/C31H43BrClN5O6/c1-19(24-23(8-11-34-27(24)33)37-14-16-41-17-15-37)42-25-22(36-28(39)43-30(2,3)4)18-21(35-26(25)32)20-9-12-38(13-10-20)29(40)44-31(5,6)7/h8,11,18-20H,9-10,12-17H2,1-7H3,(H,35,36,39). The number of likely N-dealkylation sites (tertiary alicyclic amines) is 1. The average Bonchev–Trinajstić information content (AvgIpc) is 2.93. The van der Waals surface area contributed by atoms with Crippen LogP contribution in [0.5, 0.6) is 5.75 Å². The maximum absolute atomic E-state index is 12.9. The van der Waals surface area contributed by atoms with E-state index < -0.39 is 23.4 Å². The van der Waals surface area contributed by atoms with Crippen LogP contribution in [0.15, 0.2) is 22.9 Å². The van der Waals surface area contributed by atoms with Crippen molar-refractivity contribution in [2.75, 3.05) is 49.6 Å². The highest BCUT2D eigenvalue weighted by Gasteiger charge is 2.31. The predicted molar refractivity (Wildman–Crippen MR) is 173 cm³/mol. The lowest BCUT2D eigenvalue weighted by Crippen LogP contribution is -2.41. The smallest absolute Gasteiger partial charge is 0.412 e. The molecule has 1 atom stereocenters. The van der Waals surface area contributed by atoms with E-state index in [4.69, 9.17) is 35.5 Å². The Morgan fingerprint density at radius 2 is 1.70 bits per heavy atom. The van der Waals surface area contributed by atoms with Crippen LogP contribution in [0.3, 0.4) is 0 Å². The molecule has 1 unspecified atom stereocenters. The minimum absolute atomic E-state index is 0.0522. The van der Waals surface area contributed by atoms with Gasteiger partial charge in [0.15, 0.2) is 5.75 Å². The molecule has 0 spiro atoms. The molecule has 0 bridgehead atoms. The Labute approximate surface area is 273 Å². The van der Waals surface area contributed by atoms with Gasteiger partial charge in [-0.05, 0) is 89.4 Å². The van der Waals surface area contributed by atoms with Crippen LogP contribution in [0.4, 0.5) is 21.0 Å². The number of amides is 2. The van der Waals surface area contributed by atoms with Gasteiger partial charge in [0.2, 0.25) is 0 Å². The van der Waals surface area contributed by atoms with Crippen LogP contribution >= 0.6 is 27.5 Å². The molecule has 0 radical (unpaired) electrons. The van der Waals surface area contributed by atoms with E-state index >= 15 is 0 Å². The lowest BCUT2D eigenvalue weighted by Gasteiger charge is -2.33. The van der Waals surface area contributed by atoms with Crippen molar-refractivity contribution in [3.05, 3.63) is 39.3 Å². The second-order valence-electron chi connectivity index (χ2n) is 13.0. The van der Waals surface area contributed by atoms with Gasteiger partial charge in [-0.1, -0.05) is 11.6 Å². The van der Waals surface area contributed by atoms with Gasteiger partial charge in [-0.3, -0.25) is 5.32 Å². The van der Waals surface area contributed by atoms with Crippen molar-refractivity contribution in [2.45, 2.75) is 84.5 Å². The molecule has 242 valence electrons. The molecule has 0 aromatic carbocycles. The van der Waals surface area contributed by atoms with Crippen molar-refractivity contribution in [2.24, 2.45) is 0 Å². The average molecular weight is 697 g/mol. The largest absolute Gasteiger partial charge is 0.481 e. The van der Waals surface area contributed by atoms with E-state index in [0.29, 0.717) is 60.3 Å². The van der Waals surface area contributed by atoms with Gasteiger partial charge in [-0.2, -0.15) is 0 Å². The number of rotatable bonds is 6. The SMILES string of the molecule is CC(Oc1c(NC(=O)OC(C)(C)C)cc(C2CCN(C(=O)OC(C)(C)C)CC2)nc1Br)c1c(N2CCOCC2)ccnc1Cl. The fourth-order valence-corrected chi connectivity index (χ4v) is 5.98. The molecular weight excluding hydrogens is 654 g/mol. The summed E-state index contributed by atoms with van der Waals surface area (Å²) in [6.07, 6.45) is 1.58. The number of nitrogens with zero attached hydrogens (tertiary/aromatic N) is 4. The zero-order chi connectivity index (χ0) is 32.2. The molecule has 4 rings (SSSR count). The van der Waals surface area contributed by atoms with Crippen molar-refractivity contribution < 1.29 is 28.5 Å². The first kappa shape index (κ1) is 34.1. The van der Waals surface area contributed by atoms with Crippen molar-refractivity contribution in [3.8, 4) is 5.75 Å².